The van der Waals surface area contributed by atoms with Crippen molar-refractivity contribution in [2.24, 2.45) is 11.1 Å². The molecule has 3 aromatic rings. The molecule has 1 aliphatic heterocycles. The van der Waals surface area contributed by atoms with Gasteiger partial charge in [0.05, 0.1) is 17.3 Å². The lowest BCUT2D eigenvalue weighted by Crippen LogP contribution is -2.30. The van der Waals surface area contributed by atoms with Crippen LogP contribution in [0.4, 0.5) is 0 Å². The molecule has 2 atom stereocenters. The molecule has 0 fully saturated rings. The van der Waals surface area contributed by atoms with Gasteiger partial charge < -0.3 is 10.2 Å². The Hall–Kier alpha value is -3.91. The zero-order valence-corrected chi connectivity index (χ0v) is 18.4. The van der Waals surface area contributed by atoms with Gasteiger partial charge in [-0.25, -0.2) is 0 Å². The summed E-state index contributed by atoms with van der Waals surface area (Å²) in [5.74, 6) is -0.163. The van der Waals surface area contributed by atoms with Crippen LogP contribution in [0.15, 0.2) is 78.0 Å². The summed E-state index contributed by atoms with van der Waals surface area (Å²) < 4.78 is 0. The lowest BCUT2D eigenvalue weighted by atomic mass is 9.87. The van der Waals surface area contributed by atoms with Crippen LogP contribution in [0.3, 0.4) is 0 Å². The number of carbonyl (C=O) groups excluding carboxylic acids is 1. The Balaban J connectivity index is 1.78. The van der Waals surface area contributed by atoms with Gasteiger partial charge in [-0.05, 0) is 54.8 Å². The van der Waals surface area contributed by atoms with Gasteiger partial charge in [0.15, 0.2) is 6.10 Å². The average molecular weight is 424 g/mol. The van der Waals surface area contributed by atoms with Gasteiger partial charge >= 0.3 is 0 Å². The molecule has 5 nitrogen and oxygen atoms in total. The maximum atomic E-state index is 12.9. The van der Waals surface area contributed by atoms with E-state index in [0.717, 1.165) is 28.0 Å². The molecule has 32 heavy (non-hydrogen) atoms. The van der Waals surface area contributed by atoms with Crippen molar-refractivity contribution in [3.63, 3.8) is 0 Å². The van der Waals surface area contributed by atoms with Crippen molar-refractivity contribution < 1.29 is 9.63 Å². The number of nitrogens with zero attached hydrogens (tertiary/aromatic N) is 2. The van der Waals surface area contributed by atoms with Crippen molar-refractivity contribution in [2.75, 3.05) is 0 Å². The first-order valence-electron chi connectivity index (χ1n) is 10.7. The van der Waals surface area contributed by atoms with Gasteiger partial charge in [0.1, 0.15) is 0 Å². The highest BCUT2D eigenvalue weighted by molar-refractivity contribution is 6.06. The van der Waals surface area contributed by atoms with Gasteiger partial charge in [-0.3, -0.25) is 4.79 Å². The zero-order valence-electron chi connectivity index (χ0n) is 18.4. The quantitative estimate of drug-likeness (QED) is 0.591. The van der Waals surface area contributed by atoms with Crippen LogP contribution in [0.1, 0.15) is 53.9 Å². The van der Waals surface area contributed by atoms with E-state index in [9.17, 15) is 10.1 Å². The van der Waals surface area contributed by atoms with Crippen LogP contribution in [0.25, 0.3) is 11.1 Å². The van der Waals surface area contributed by atoms with E-state index in [1.54, 1.807) is 6.07 Å². The second-order valence-electron chi connectivity index (χ2n) is 8.29. The molecular formula is C27H25N3O2. The molecule has 3 aromatic carbocycles. The predicted octanol–water partition coefficient (Wildman–Crippen LogP) is 5.48. The lowest BCUT2D eigenvalue weighted by Gasteiger charge is -2.16. The maximum Gasteiger partial charge on any atom is 0.251 e. The molecule has 0 saturated heterocycles. The number of oxime groups is 1. The molecule has 0 aliphatic carbocycles. The van der Waals surface area contributed by atoms with Gasteiger partial charge in [-0.15, -0.1) is 0 Å². The Morgan fingerprint density at radius 1 is 1.03 bits per heavy atom. The monoisotopic (exact) mass is 423 g/mol. The number of rotatable bonds is 5. The number of nitriles is 1. The molecule has 1 aliphatic rings. The summed E-state index contributed by atoms with van der Waals surface area (Å²) in [7, 11) is 0. The molecule has 0 radical (unpaired) electrons. The van der Waals surface area contributed by atoms with Gasteiger partial charge in [0.2, 0.25) is 0 Å². The SMILES string of the molecule is CC(C)NC(=O)c1cc(C2=NO[C@H](c3ccccc3)[C@H]2C)cc(-c2ccccc2C#N)c1. The van der Waals surface area contributed by atoms with E-state index < -0.39 is 0 Å². The third kappa shape index (κ3) is 4.26. The van der Waals surface area contributed by atoms with Crippen molar-refractivity contribution >= 4 is 11.6 Å². The molecular weight excluding hydrogens is 398 g/mol. The topological polar surface area (TPSA) is 74.5 Å². The summed E-state index contributed by atoms with van der Waals surface area (Å²) in [6.45, 7) is 5.93. The van der Waals surface area contributed by atoms with E-state index in [0.29, 0.717) is 11.1 Å². The van der Waals surface area contributed by atoms with Gasteiger partial charge in [-0.1, -0.05) is 60.6 Å². The van der Waals surface area contributed by atoms with Crippen LogP contribution in [-0.2, 0) is 4.84 Å². The molecule has 0 spiro atoms. The van der Waals surface area contributed by atoms with E-state index in [4.69, 9.17) is 4.84 Å². The second-order valence-corrected chi connectivity index (χ2v) is 8.29. The van der Waals surface area contributed by atoms with E-state index in [1.165, 1.54) is 0 Å². The highest BCUT2D eigenvalue weighted by Gasteiger charge is 2.33. The molecule has 1 heterocycles. The van der Waals surface area contributed by atoms with Crippen LogP contribution in [0.5, 0.6) is 0 Å². The first-order chi connectivity index (χ1) is 15.5. The Bertz CT molecular complexity index is 1210. The normalized spacial score (nSPS) is 17.4. The van der Waals surface area contributed by atoms with Crippen molar-refractivity contribution in [3.05, 3.63) is 95.1 Å². The molecule has 0 aromatic heterocycles. The van der Waals surface area contributed by atoms with Crippen molar-refractivity contribution in [3.8, 4) is 17.2 Å². The molecule has 5 heteroatoms. The van der Waals surface area contributed by atoms with E-state index in [-0.39, 0.29) is 24.0 Å². The minimum absolute atomic E-state index is 0.000120. The zero-order chi connectivity index (χ0) is 22.7. The summed E-state index contributed by atoms with van der Waals surface area (Å²) in [5.41, 5.74) is 5.32. The van der Waals surface area contributed by atoms with Crippen LogP contribution >= 0.6 is 0 Å². The third-order valence-corrected chi connectivity index (χ3v) is 5.55. The first kappa shape index (κ1) is 21.3. The number of benzene rings is 3. The Kier molecular flexibility index (Phi) is 6.04. The van der Waals surface area contributed by atoms with Gasteiger partial charge in [-0.2, -0.15) is 5.26 Å². The summed E-state index contributed by atoms with van der Waals surface area (Å²) >= 11 is 0. The van der Waals surface area contributed by atoms with E-state index in [2.05, 4.69) is 23.5 Å². The molecule has 4 rings (SSSR count). The molecule has 1 amide bonds. The Morgan fingerprint density at radius 3 is 2.44 bits per heavy atom. The molecule has 0 bridgehead atoms. The number of nitrogens with one attached hydrogen (secondary N) is 1. The summed E-state index contributed by atoms with van der Waals surface area (Å²) in [6.07, 6.45) is -0.186. The van der Waals surface area contributed by atoms with Crippen LogP contribution in [0.2, 0.25) is 0 Å². The van der Waals surface area contributed by atoms with Crippen molar-refractivity contribution in [2.45, 2.75) is 32.9 Å². The summed E-state index contributed by atoms with van der Waals surface area (Å²) in [5, 5.41) is 16.9. The van der Waals surface area contributed by atoms with E-state index >= 15 is 0 Å². The summed E-state index contributed by atoms with van der Waals surface area (Å²) in [4.78, 5) is 18.7. The highest BCUT2D eigenvalue weighted by atomic mass is 16.6. The molecule has 0 saturated carbocycles. The fraction of sp³-hybridized carbons (Fsp3) is 0.222. The molecule has 160 valence electrons. The maximum absolute atomic E-state index is 12.9. The Morgan fingerprint density at radius 2 is 1.72 bits per heavy atom. The smallest absolute Gasteiger partial charge is 0.251 e. The fourth-order valence-corrected chi connectivity index (χ4v) is 3.98. The van der Waals surface area contributed by atoms with Crippen molar-refractivity contribution in [1.82, 2.24) is 5.32 Å². The Labute approximate surface area is 188 Å². The second kappa shape index (κ2) is 9.07. The number of hydrogen-bond acceptors (Lipinski definition) is 4. The van der Waals surface area contributed by atoms with E-state index in [1.807, 2.05) is 80.6 Å². The minimum Gasteiger partial charge on any atom is -0.387 e. The number of carbonyl (C=O) groups is 1. The average Bonchev–Trinajstić information content (AvgIpc) is 3.20. The predicted molar refractivity (Wildman–Crippen MR) is 125 cm³/mol. The fourth-order valence-electron chi connectivity index (χ4n) is 3.98. The van der Waals surface area contributed by atoms with Gasteiger partial charge in [0.25, 0.3) is 5.91 Å². The number of amides is 1. The largest absolute Gasteiger partial charge is 0.387 e. The standard InChI is InChI=1S/C27H25N3O2/c1-17(2)29-27(31)23-14-21(24-12-8-7-11-20(24)16-28)13-22(15-23)25-18(3)26(32-30-25)19-9-5-4-6-10-19/h4-15,17-18,26H,1-3H3,(H,29,31)/t18-,26-/m0/s1. The highest BCUT2D eigenvalue weighted by Crippen LogP contribution is 2.36. The van der Waals surface area contributed by atoms with Crippen LogP contribution < -0.4 is 5.32 Å². The first-order valence-corrected chi connectivity index (χ1v) is 10.7. The molecule has 1 N–H and O–H groups in total. The lowest BCUT2D eigenvalue weighted by molar-refractivity contribution is 0.0653. The minimum atomic E-state index is -0.186. The summed E-state index contributed by atoms with van der Waals surface area (Å²) in [6, 6.07) is 25.3. The van der Waals surface area contributed by atoms with Crippen LogP contribution in [-0.4, -0.2) is 17.7 Å². The van der Waals surface area contributed by atoms with Crippen LogP contribution in [0, 0.1) is 17.2 Å². The van der Waals surface area contributed by atoms with Crippen molar-refractivity contribution in [1.29, 1.82) is 5.26 Å². The molecule has 0 unspecified atom stereocenters. The van der Waals surface area contributed by atoms with Gasteiger partial charge in [0, 0.05) is 23.1 Å². The number of hydrogen-bond donors (Lipinski definition) is 1. The third-order valence-electron chi connectivity index (χ3n) is 5.55.